The molecule has 27 heteroatoms. The van der Waals surface area contributed by atoms with Crippen LogP contribution in [-0.4, -0.2) is 115 Å². The maximum Gasteiger partial charge on any atom is 0.248 e. The van der Waals surface area contributed by atoms with Gasteiger partial charge in [-0.15, -0.1) is 0 Å². The molecule has 0 unspecified atom stereocenters. The van der Waals surface area contributed by atoms with E-state index in [1.165, 1.54) is 55.6 Å². The molecule has 0 radical (unpaired) electrons. The van der Waals surface area contributed by atoms with E-state index in [1.807, 2.05) is 13.8 Å². The molecule has 474 valence electrons. The fourth-order valence-corrected chi connectivity index (χ4v) is 14.2. The maximum atomic E-state index is 15.6. The average molecular weight is 1280 g/mol. The zero-order valence-electron chi connectivity index (χ0n) is 48.7. The highest BCUT2D eigenvalue weighted by atomic mass is 35.5. The van der Waals surface area contributed by atoms with Crippen molar-refractivity contribution >= 4 is 70.5 Å². The van der Waals surface area contributed by atoms with Gasteiger partial charge in [0.15, 0.2) is 11.5 Å². The number of primary amides is 1. The number of benzene rings is 5. The molecule has 5 aliphatic heterocycles. The molecule has 25 nitrogen and oxygen atoms in total. The SMILES string of the molecule is CN[C@@H](CC(C)C)C(=O)N[C@H]1C(=O)N[C@@H](CC(N)=O)C(=O)N[C@H]2C(=O)N[C@H]3C(=O)N[C@H](C(=O)N[C@H](C(=O)NC4C5CC6CC(C5)CC4C6)c4cc(O)cc(O)c4-c4cc3ccc4O)[C@H](O)c3ccc(c(Cl)c3)Oc3cc2cc(c3O)Oc2ccc(cc2Cl)[C@H]1O. The van der Waals surface area contributed by atoms with Gasteiger partial charge in [-0.3, -0.25) is 38.4 Å². The Hall–Kier alpha value is -8.88. The Kier molecular flexibility index (Phi) is 17.5. The molecule has 0 spiro atoms. The highest BCUT2D eigenvalue weighted by molar-refractivity contribution is 6.32. The molecule has 5 aromatic rings. The number of halogens is 2. The molecule has 14 rings (SSSR count). The molecule has 90 heavy (non-hydrogen) atoms. The second kappa shape index (κ2) is 25.2. The number of ether oxygens (including phenoxy) is 2. The summed E-state index contributed by atoms with van der Waals surface area (Å²) < 4.78 is 12.4. The summed E-state index contributed by atoms with van der Waals surface area (Å²) >= 11 is 13.7. The van der Waals surface area contributed by atoms with Crippen molar-refractivity contribution in [3.8, 4) is 57.1 Å². The number of aromatic hydroxyl groups is 4. The molecule has 9 atom stereocenters. The Morgan fingerprint density at radius 2 is 1.20 bits per heavy atom. The second-order valence-corrected chi connectivity index (χ2v) is 25.3. The largest absolute Gasteiger partial charge is 0.508 e. The van der Waals surface area contributed by atoms with E-state index >= 15 is 19.2 Å². The van der Waals surface area contributed by atoms with Gasteiger partial charge in [0.25, 0.3) is 0 Å². The van der Waals surface area contributed by atoms with Crippen molar-refractivity contribution in [2.75, 3.05) is 7.05 Å². The topological polar surface area (TPSA) is 399 Å². The fraction of sp³-hybridized carbons (Fsp3) is 0.397. The molecule has 4 aliphatic carbocycles. The lowest BCUT2D eigenvalue weighted by molar-refractivity contribution is -0.138. The van der Waals surface area contributed by atoms with Gasteiger partial charge in [-0.25, -0.2) is 0 Å². The smallest absolute Gasteiger partial charge is 0.248 e. The monoisotopic (exact) mass is 1280 g/mol. The van der Waals surface area contributed by atoms with Gasteiger partial charge in [0.1, 0.15) is 77.2 Å². The summed E-state index contributed by atoms with van der Waals surface area (Å²) in [6, 6.07) is 1.89. The third kappa shape index (κ3) is 12.6. The number of hydrogen-bond donors (Lipinski definition) is 15. The van der Waals surface area contributed by atoms with Gasteiger partial charge in [0, 0.05) is 23.2 Å². The van der Waals surface area contributed by atoms with Crippen LogP contribution in [0.15, 0.2) is 78.9 Å². The van der Waals surface area contributed by atoms with Crippen LogP contribution in [0.25, 0.3) is 11.1 Å². The van der Waals surface area contributed by atoms with Crippen LogP contribution in [-0.2, 0) is 38.4 Å². The minimum absolute atomic E-state index is 0.0296. The first kappa shape index (κ1) is 62.7. The van der Waals surface area contributed by atoms with E-state index in [4.69, 9.17) is 38.4 Å². The number of amides is 8. The highest BCUT2D eigenvalue weighted by Gasteiger charge is 2.50. The molecule has 8 amide bonds. The number of hydrogen-bond acceptors (Lipinski definition) is 17. The summed E-state index contributed by atoms with van der Waals surface area (Å²) in [5.74, 6) is -11.8. The molecule has 0 aromatic heterocycles. The van der Waals surface area contributed by atoms with Crippen molar-refractivity contribution in [2.45, 2.75) is 119 Å². The number of fused-ring (bicyclic) bond motifs is 15. The number of nitrogens with one attached hydrogen (secondary N) is 8. The third-order valence-electron chi connectivity index (χ3n) is 17.9. The molecule has 5 aromatic carbocycles. The number of phenols is 4. The summed E-state index contributed by atoms with van der Waals surface area (Å²) in [5, 5.41) is 92.0. The van der Waals surface area contributed by atoms with Gasteiger partial charge in [-0.05, 0) is 158 Å². The van der Waals surface area contributed by atoms with E-state index in [1.54, 1.807) is 0 Å². The Bertz CT molecular complexity index is 3750. The van der Waals surface area contributed by atoms with Crippen LogP contribution in [0.1, 0.15) is 117 Å². The molecular weight excluding hydrogens is 1210 g/mol. The van der Waals surface area contributed by atoms with Gasteiger partial charge in [0.2, 0.25) is 53.0 Å². The Balaban J connectivity index is 1.07. The van der Waals surface area contributed by atoms with Crippen molar-refractivity contribution in [2.24, 2.45) is 35.3 Å². The van der Waals surface area contributed by atoms with E-state index in [0.717, 1.165) is 62.4 Å². The zero-order valence-corrected chi connectivity index (χ0v) is 50.2. The van der Waals surface area contributed by atoms with Gasteiger partial charge < -0.3 is 88.4 Å². The molecule has 0 saturated heterocycles. The number of aliphatic hydroxyl groups excluding tert-OH is 2. The summed E-state index contributed by atoms with van der Waals surface area (Å²) in [6.07, 6.45) is -0.0114. The lowest BCUT2D eigenvalue weighted by atomic mass is 9.54. The molecular formula is C63H67Cl2N9O16. The minimum atomic E-state index is -2.14. The number of carbonyl (C=O) groups excluding carboxylic acids is 8. The standard InChI is InChI=1S/C63H67Cl2N9O16/c1-24(2)10-38(67-3)57(82)73-52-54(79)28-5-8-42(36(64)17-28)89-44-19-32-20-45(56(44)81)90-43-9-6-29(18-37(43)65)55(80)53-63(88)72-51(61(86)69-48-30-12-25-11-26(14-30)15-31(48)13-25)35-21-33(75)22-41(77)47(35)34-16-27(4-7-40(34)76)49(59(84)74-53)71-60(85)50(32)70-58(83)39(23-46(66)78)68-62(52)87/h4-9,16-22,24-26,30-31,38-39,48-55,67,75-77,79-81H,10-15,23H2,1-3H3,(H2,66,78)(H,68,87)(H,69,86)(H,70,83)(H,71,85)(H,72,88)(H,73,82)(H,74,84)/t25?,26?,30?,31?,38-,39-,48?,49+,50+,51-,52+,53-,54+,55+/m0/s1. The van der Waals surface area contributed by atoms with Gasteiger partial charge in [0.05, 0.1) is 22.5 Å². The highest BCUT2D eigenvalue weighted by Crippen LogP contribution is 2.54. The molecule has 16 N–H and O–H groups in total. The average Bonchev–Trinajstić information content (AvgIpc) is 0.797. The predicted octanol–water partition coefficient (Wildman–Crippen LogP) is 4.25. The first-order chi connectivity index (χ1) is 42.8. The van der Waals surface area contributed by atoms with Crippen molar-refractivity contribution in [3.05, 3.63) is 117 Å². The number of carbonyl (C=O) groups is 8. The summed E-state index contributed by atoms with van der Waals surface area (Å²) in [7, 11) is 1.51. The Morgan fingerprint density at radius 1 is 0.622 bits per heavy atom. The quantitative estimate of drug-likeness (QED) is 0.0980. The predicted molar refractivity (Wildman–Crippen MR) is 321 cm³/mol. The van der Waals surface area contributed by atoms with E-state index in [0.29, 0.717) is 11.8 Å². The molecule has 9 aliphatic rings. The lowest BCUT2D eigenvalue weighted by Crippen LogP contribution is -2.59. The molecule has 5 heterocycles. The third-order valence-corrected chi connectivity index (χ3v) is 18.5. The van der Waals surface area contributed by atoms with E-state index in [-0.39, 0.29) is 90.7 Å². The number of likely N-dealkylation sites (N-methyl/N-ethyl adjacent to an activating group) is 1. The van der Waals surface area contributed by atoms with Crippen LogP contribution in [0.5, 0.6) is 46.0 Å². The van der Waals surface area contributed by atoms with Crippen LogP contribution in [0.3, 0.4) is 0 Å². The van der Waals surface area contributed by atoms with Crippen molar-refractivity contribution in [1.82, 2.24) is 42.5 Å². The number of nitrogens with two attached hydrogens (primary N) is 1. The summed E-state index contributed by atoms with van der Waals surface area (Å²) in [6.45, 7) is 3.71. The first-order valence-corrected chi connectivity index (χ1v) is 30.2. The number of aliphatic hydroxyl groups is 2. The van der Waals surface area contributed by atoms with Crippen LogP contribution in [0.4, 0.5) is 0 Å². The Labute approximate surface area is 524 Å². The zero-order chi connectivity index (χ0) is 64.3. The van der Waals surface area contributed by atoms with Gasteiger partial charge in [-0.1, -0.05) is 55.2 Å². The summed E-state index contributed by atoms with van der Waals surface area (Å²) in [5.41, 5.74) is 4.17. The van der Waals surface area contributed by atoms with E-state index < -0.39 is 143 Å². The first-order valence-electron chi connectivity index (χ1n) is 29.5. The van der Waals surface area contributed by atoms with Crippen LogP contribution < -0.4 is 57.7 Å². The lowest BCUT2D eigenvalue weighted by Gasteiger charge is -2.54. The minimum Gasteiger partial charge on any atom is -0.508 e. The van der Waals surface area contributed by atoms with Crippen LogP contribution in [0.2, 0.25) is 10.0 Å². The van der Waals surface area contributed by atoms with Crippen LogP contribution >= 0.6 is 23.2 Å². The normalized spacial score (nSPS) is 27.3. The second-order valence-electron chi connectivity index (χ2n) is 24.5. The van der Waals surface area contributed by atoms with E-state index in [9.17, 15) is 49.8 Å². The molecule has 15 bridgehead atoms. The molecule has 4 fully saturated rings. The number of rotatable bonds is 9. The summed E-state index contributed by atoms with van der Waals surface area (Å²) in [4.78, 5) is 118. The van der Waals surface area contributed by atoms with E-state index in [2.05, 4.69) is 42.5 Å². The maximum absolute atomic E-state index is 15.6. The van der Waals surface area contributed by atoms with Gasteiger partial charge in [-0.2, -0.15) is 0 Å². The molecule has 4 saturated carbocycles. The van der Waals surface area contributed by atoms with Crippen molar-refractivity contribution < 1.29 is 78.5 Å². The van der Waals surface area contributed by atoms with Crippen molar-refractivity contribution in [3.63, 3.8) is 0 Å². The van der Waals surface area contributed by atoms with Crippen molar-refractivity contribution in [1.29, 1.82) is 0 Å². The van der Waals surface area contributed by atoms with Crippen LogP contribution in [0, 0.1) is 29.6 Å². The number of phenolic OH excluding ortho intramolecular Hbond substituents is 4. The van der Waals surface area contributed by atoms with Gasteiger partial charge >= 0.3 is 0 Å². The Morgan fingerprint density at radius 3 is 1.79 bits per heavy atom. The fourth-order valence-electron chi connectivity index (χ4n) is 13.8.